The van der Waals surface area contributed by atoms with Crippen molar-refractivity contribution in [3.8, 4) is 0 Å². The Balaban J connectivity index is 1.69. The Morgan fingerprint density at radius 2 is 1.44 bits per heavy atom. The molecule has 0 radical (unpaired) electrons. The van der Waals surface area contributed by atoms with Crippen molar-refractivity contribution in [1.29, 1.82) is 0 Å². The molecule has 0 saturated heterocycles. The van der Waals surface area contributed by atoms with Gasteiger partial charge in [-0.15, -0.1) is 0 Å². The zero-order chi connectivity index (χ0) is 10.8. The summed E-state index contributed by atoms with van der Waals surface area (Å²) in [5, 5.41) is 0. The van der Waals surface area contributed by atoms with Crippen LogP contribution < -0.4 is 0 Å². The van der Waals surface area contributed by atoms with Crippen LogP contribution in [0.2, 0.25) is 0 Å². The molecule has 4 bridgehead atoms. The van der Waals surface area contributed by atoms with Crippen molar-refractivity contribution in [1.82, 2.24) is 0 Å². The molecule has 0 aromatic carbocycles. The average molecular weight is 214 g/mol. The minimum atomic E-state index is 0.592. The van der Waals surface area contributed by atoms with Gasteiger partial charge in [0.1, 0.15) is 0 Å². The summed E-state index contributed by atoms with van der Waals surface area (Å²) < 4.78 is 0. The molecule has 0 aromatic heterocycles. The van der Waals surface area contributed by atoms with Gasteiger partial charge in [-0.25, -0.2) is 0 Å². The van der Waals surface area contributed by atoms with Crippen molar-refractivity contribution in [3.63, 3.8) is 0 Å². The van der Waals surface area contributed by atoms with E-state index in [-0.39, 0.29) is 0 Å². The Labute approximate surface area is 98.8 Å². The van der Waals surface area contributed by atoms with Crippen LogP contribution in [-0.4, -0.2) is 0 Å². The highest BCUT2D eigenvalue weighted by Gasteiger charge is 2.54. The summed E-state index contributed by atoms with van der Waals surface area (Å²) in [7, 11) is 0. The zero-order valence-electron chi connectivity index (χ0n) is 10.3. The Morgan fingerprint density at radius 3 is 1.69 bits per heavy atom. The van der Waals surface area contributed by atoms with Gasteiger partial charge in [-0.1, -0.05) is 31.2 Å². The van der Waals surface area contributed by atoms with Crippen LogP contribution in [0.15, 0.2) is 24.3 Å². The lowest BCUT2D eigenvalue weighted by atomic mass is 9.62. The SMILES string of the molecule is CC(C12C=CC(CC1)C2)C12C=CC(CC1)C2. The first-order valence-electron chi connectivity index (χ1n) is 7.11. The van der Waals surface area contributed by atoms with E-state index >= 15 is 0 Å². The fourth-order valence-electron chi connectivity index (χ4n) is 5.23. The molecule has 0 aromatic rings. The highest BCUT2D eigenvalue weighted by Crippen LogP contribution is 2.64. The molecule has 4 atom stereocenters. The lowest BCUT2D eigenvalue weighted by Crippen LogP contribution is -2.35. The third-order valence-corrected chi connectivity index (χ3v) is 6.37. The first-order chi connectivity index (χ1) is 7.73. The van der Waals surface area contributed by atoms with E-state index in [2.05, 4.69) is 31.2 Å². The van der Waals surface area contributed by atoms with Crippen LogP contribution in [0.25, 0.3) is 0 Å². The van der Waals surface area contributed by atoms with E-state index in [9.17, 15) is 0 Å². The second-order valence-electron chi connectivity index (χ2n) is 6.91. The van der Waals surface area contributed by atoms with Gasteiger partial charge in [0, 0.05) is 0 Å². The van der Waals surface area contributed by atoms with Gasteiger partial charge in [0.05, 0.1) is 0 Å². The van der Waals surface area contributed by atoms with Gasteiger partial charge in [0.2, 0.25) is 0 Å². The molecule has 4 aliphatic carbocycles. The largest absolute Gasteiger partial charge is 0.0848 e. The fourth-order valence-corrected chi connectivity index (χ4v) is 5.23. The van der Waals surface area contributed by atoms with Crippen LogP contribution in [0, 0.1) is 28.6 Å². The van der Waals surface area contributed by atoms with Gasteiger partial charge in [0.25, 0.3) is 0 Å². The van der Waals surface area contributed by atoms with E-state index < -0.39 is 0 Å². The molecule has 86 valence electrons. The normalized spacial score (nSPS) is 54.1. The van der Waals surface area contributed by atoms with Gasteiger partial charge < -0.3 is 0 Å². The monoisotopic (exact) mass is 214 g/mol. The van der Waals surface area contributed by atoms with Crippen LogP contribution in [0.3, 0.4) is 0 Å². The second kappa shape index (κ2) is 2.83. The molecule has 0 spiro atoms. The molecule has 4 aliphatic rings. The Kier molecular flexibility index (Phi) is 1.68. The number of fused-ring (bicyclic) bond motifs is 4. The molecule has 0 heterocycles. The number of hydrogen-bond acceptors (Lipinski definition) is 0. The molecule has 0 N–H and O–H groups in total. The van der Waals surface area contributed by atoms with Crippen molar-refractivity contribution >= 4 is 0 Å². The third kappa shape index (κ3) is 1.02. The third-order valence-electron chi connectivity index (χ3n) is 6.37. The second-order valence-corrected chi connectivity index (χ2v) is 6.91. The van der Waals surface area contributed by atoms with E-state index in [0.29, 0.717) is 10.8 Å². The van der Waals surface area contributed by atoms with Crippen LogP contribution in [0.4, 0.5) is 0 Å². The van der Waals surface area contributed by atoms with Gasteiger partial charge in [0.15, 0.2) is 0 Å². The summed E-state index contributed by atoms with van der Waals surface area (Å²) in [6, 6.07) is 0. The van der Waals surface area contributed by atoms with Gasteiger partial charge in [-0.3, -0.25) is 0 Å². The maximum atomic E-state index is 2.60. The average Bonchev–Trinajstić information content (AvgIpc) is 3.08. The Hall–Kier alpha value is -0.520. The molecular formula is C16H22. The summed E-state index contributed by atoms with van der Waals surface area (Å²) >= 11 is 0. The van der Waals surface area contributed by atoms with Crippen LogP contribution in [0.5, 0.6) is 0 Å². The minimum Gasteiger partial charge on any atom is -0.0848 e. The first kappa shape index (κ1) is 9.50. The van der Waals surface area contributed by atoms with E-state index in [1.807, 2.05) is 0 Å². The molecule has 16 heavy (non-hydrogen) atoms. The highest BCUT2D eigenvalue weighted by molar-refractivity contribution is 5.25. The maximum Gasteiger partial charge on any atom is -0.00784 e. The molecule has 0 nitrogen and oxygen atoms in total. The van der Waals surface area contributed by atoms with E-state index in [1.165, 1.54) is 38.5 Å². The van der Waals surface area contributed by atoms with E-state index in [0.717, 1.165) is 17.8 Å². The van der Waals surface area contributed by atoms with Gasteiger partial charge in [-0.05, 0) is 67.1 Å². The summed E-state index contributed by atoms with van der Waals surface area (Å²) in [6.07, 6.45) is 19.0. The minimum absolute atomic E-state index is 0.592. The highest BCUT2D eigenvalue weighted by atomic mass is 14.6. The van der Waals surface area contributed by atoms with Crippen LogP contribution in [-0.2, 0) is 0 Å². The predicted molar refractivity (Wildman–Crippen MR) is 67.0 cm³/mol. The Morgan fingerprint density at radius 1 is 0.938 bits per heavy atom. The molecular weight excluding hydrogens is 192 g/mol. The van der Waals surface area contributed by atoms with Crippen LogP contribution >= 0.6 is 0 Å². The smallest absolute Gasteiger partial charge is 0.00784 e. The van der Waals surface area contributed by atoms with Crippen molar-refractivity contribution in [2.24, 2.45) is 28.6 Å². The lowest BCUT2D eigenvalue weighted by molar-refractivity contribution is 0.122. The summed E-state index contributed by atoms with van der Waals surface area (Å²) in [5.74, 6) is 2.75. The molecule has 0 heteroatoms. The Bertz CT molecular complexity index is 341. The fraction of sp³-hybridized carbons (Fsp3) is 0.750. The zero-order valence-corrected chi connectivity index (χ0v) is 10.3. The van der Waals surface area contributed by atoms with Crippen molar-refractivity contribution in [2.75, 3.05) is 0 Å². The molecule has 0 aliphatic heterocycles. The van der Waals surface area contributed by atoms with Crippen molar-refractivity contribution in [3.05, 3.63) is 24.3 Å². The van der Waals surface area contributed by atoms with E-state index in [1.54, 1.807) is 0 Å². The van der Waals surface area contributed by atoms with Crippen molar-refractivity contribution in [2.45, 2.75) is 45.4 Å². The topological polar surface area (TPSA) is 0 Å². The van der Waals surface area contributed by atoms with Crippen molar-refractivity contribution < 1.29 is 0 Å². The molecule has 0 amide bonds. The molecule has 4 rings (SSSR count). The van der Waals surface area contributed by atoms with E-state index in [4.69, 9.17) is 0 Å². The summed E-state index contributed by atoms with van der Waals surface area (Å²) in [5.41, 5.74) is 1.18. The lowest BCUT2D eigenvalue weighted by Gasteiger charge is -2.42. The quantitative estimate of drug-likeness (QED) is 0.600. The molecule has 2 fully saturated rings. The molecule has 2 saturated carbocycles. The van der Waals surface area contributed by atoms with Gasteiger partial charge >= 0.3 is 0 Å². The predicted octanol–water partition coefficient (Wildman–Crippen LogP) is 4.34. The number of rotatable bonds is 2. The summed E-state index contributed by atoms with van der Waals surface area (Å²) in [4.78, 5) is 0. The summed E-state index contributed by atoms with van der Waals surface area (Å²) in [6.45, 7) is 2.55. The first-order valence-corrected chi connectivity index (χ1v) is 7.11. The standard InChI is InChI=1S/C16H22/c1-12(15-6-2-13(10-15)3-7-15)16-8-4-14(11-16)5-9-16/h2,4,6,8,12-14H,3,5,7,9-11H2,1H3. The van der Waals surface area contributed by atoms with Crippen LogP contribution in [0.1, 0.15) is 45.4 Å². The molecule has 4 unspecified atom stereocenters. The number of allylic oxidation sites excluding steroid dienone is 4. The number of hydrogen-bond donors (Lipinski definition) is 0. The maximum absolute atomic E-state index is 2.60. The van der Waals surface area contributed by atoms with Gasteiger partial charge in [-0.2, -0.15) is 0 Å².